The average molecular weight is 297 g/mol. The summed E-state index contributed by atoms with van der Waals surface area (Å²) in [5.74, 6) is 2.29. The van der Waals surface area contributed by atoms with Crippen molar-refractivity contribution in [2.75, 3.05) is 13.2 Å². The topological polar surface area (TPSA) is 126 Å². The van der Waals surface area contributed by atoms with Gasteiger partial charge in [0.1, 0.15) is 18.3 Å². The third kappa shape index (κ3) is 3.38. The van der Waals surface area contributed by atoms with Gasteiger partial charge in [-0.05, 0) is 0 Å². The van der Waals surface area contributed by atoms with Crippen LogP contribution in [0.4, 0.5) is 0 Å². The molecule has 1 aliphatic rings. The molecule has 0 saturated carbocycles. The third-order valence-electron chi connectivity index (χ3n) is 2.99. The molecule has 1 saturated heterocycles. The first-order chi connectivity index (χ1) is 10.0. The molecule has 1 aliphatic heterocycles. The van der Waals surface area contributed by atoms with E-state index < -0.39 is 35.8 Å². The van der Waals surface area contributed by atoms with Gasteiger partial charge in [-0.25, -0.2) is 4.79 Å². The zero-order valence-electron chi connectivity index (χ0n) is 10.9. The number of terminal acetylenes is 1. The average Bonchev–Trinajstić information content (AvgIpc) is 2.72. The van der Waals surface area contributed by atoms with E-state index in [0.29, 0.717) is 0 Å². The number of nitrogens with one attached hydrogen (secondary N) is 2. The lowest BCUT2D eigenvalue weighted by atomic mass is 10.1. The molecule has 21 heavy (non-hydrogen) atoms. The van der Waals surface area contributed by atoms with Crippen molar-refractivity contribution in [3.05, 3.63) is 33.1 Å². The van der Waals surface area contributed by atoms with Gasteiger partial charge < -0.3 is 14.9 Å². The predicted molar refractivity (Wildman–Crippen MR) is 70.0 cm³/mol. The van der Waals surface area contributed by atoms with Crippen molar-refractivity contribution in [3.8, 4) is 12.3 Å². The molecule has 9 heteroatoms. The molecule has 1 aromatic rings. The Morgan fingerprint density at radius 1 is 1.48 bits per heavy atom. The van der Waals surface area contributed by atoms with Crippen LogP contribution in [-0.2, 0) is 9.57 Å². The zero-order chi connectivity index (χ0) is 15.4. The van der Waals surface area contributed by atoms with Gasteiger partial charge in [0.05, 0.1) is 13.2 Å². The molecule has 9 nitrogen and oxygen atoms in total. The van der Waals surface area contributed by atoms with Gasteiger partial charge in [0.25, 0.3) is 5.56 Å². The van der Waals surface area contributed by atoms with Crippen LogP contribution >= 0.6 is 0 Å². The van der Waals surface area contributed by atoms with Crippen LogP contribution in [-0.4, -0.2) is 51.2 Å². The van der Waals surface area contributed by atoms with Crippen LogP contribution < -0.4 is 16.7 Å². The minimum Gasteiger partial charge on any atom is -0.387 e. The van der Waals surface area contributed by atoms with E-state index in [1.807, 2.05) is 4.98 Å². The van der Waals surface area contributed by atoms with Gasteiger partial charge in [-0.3, -0.25) is 19.2 Å². The number of H-pyrrole nitrogens is 1. The summed E-state index contributed by atoms with van der Waals surface area (Å²) in [6, 6.07) is 1.11. The molecule has 0 bridgehead atoms. The van der Waals surface area contributed by atoms with E-state index in [4.69, 9.17) is 16.0 Å². The second kappa shape index (κ2) is 6.66. The van der Waals surface area contributed by atoms with Crippen LogP contribution in [0.3, 0.4) is 0 Å². The fourth-order valence-corrected chi connectivity index (χ4v) is 1.96. The molecule has 2 heterocycles. The number of rotatable bonds is 5. The van der Waals surface area contributed by atoms with Gasteiger partial charge >= 0.3 is 5.69 Å². The van der Waals surface area contributed by atoms with Crippen molar-refractivity contribution < 1.29 is 19.8 Å². The molecule has 0 aliphatic carbocycles. The number of aliphatic hydroxyl groups excluding tert-OH is 2. The van der Waals surface area contributed by atoms with Gasteiger partial charge in [0.15, 0.2) is 6.23 Å². The van der Waals surface area contributed by atoms with Crippen molar-refractivity contribution >= 4 is 0 Å². The highest BCUT2D eigenvalue weighted by molar-refractivity contribution is 4.93. The largest absolute Gasteiger partial charge is 0.387 e. The van der Waals surface area contributed by atoms with Crippen molar-refractivity contribution in [3.63, 3.8) is 0 Å². The summed E-state index contributed by atoms with van der Waals surface area (Å²) >= 11 is 0. The van der Waals surface area contributed by atoms with Gasteiger partial charge in [0, 0.05) is 12.3 Å². The number of nitrogens with zero attached hydrogens (tertiary/aromatic N) is 1. The number of hydrogen-bond acceptors (Lipinski definition) is 7. The Hall–Kier alpha value is -1.96. The monoisotopic (exact) mass is 297 g/mol. The molecular formula is C12H15N3O6. The van der Waals surface area contributed by atoms with Crippen LogP contribution in [0.1, 0.15) is 6.23 Å². The van der Waals surface area contributed by atoms with Crippen LogP contribution in [0.5, 0.6) is 0 Å². The van der Waals surface area contributed by atoms with Crippen molar-refractivity contribution in [1.82, 2.24) is 15.0 Å². The summed E-state index contributed by atoms with van der Waals surface area (Å²) in [6.07, 6.45) is 1.64. The first-order valence-electron chi connectivity index (χ1n) is 6.15. The van der Waals surface area contributed by atoms with Crippen LogP contribution in [0, 0.1) is 12.3 Å². The normalized spacial score (nSPS) is 28.4. The molecule has 0 unspecified atom stereocenters. The maximum atomic E-state index is 11.7. The van der Waals surface area contributed by atoms with E-state index in [9.17, 15) is 19.8 Å². The lowest BCUT2D eigenvalue weighted by Gasteiger charge is -2.16. The highest BCUT2D eigenvalue weighted by Gasteiger charge is 2.44. The lowest BCUT2D eigenvalue weighted by molar-refractivity contribution is -0.0859. The summed E-state index contributed by atoms with van der Waals surface area (Å²) in [6.45, 7) is 0.0999. The second-order valence-electron chi connectivity index (χ2n) is 4.40. The molecule has 0 spiro atoms. The molecule has 0 amide bonds. The second-order valence-corrected chi connectivity index (χ2v) is 4.40. The van der Waals surface area contributed by atoms with Gasteiger partial charge in [-0.2, -0.15) is 5.48 Å². The minimum atomic E-state index is -1.34. The molecule has 114 valence electrons. The highest BCUT2D eigenvalue weighted by Crippen LogP contribution is 2.28. The molecule has 0 aromatic carbocycles. The van der Waals surface area contributed by atoms with E-state index >= 15 is 0 Å². The third-order valence-corrected chi connectivity index (χ3v) is 2.99. The Balaban J connectivity index is 2.07. The number of aliphatic hydroxyl groups is 2. The van der Waals surface area contributed by atoms with Crippen molar-refractivity contribution in [1.29, 1.82) is 0 Å². The Kier molecular flexibility index (Phi) is 4.89. The van der Waals surface area contributed by atoms with Crippen LogP contribution in [0.15, 0.2) is 21.9 Å². The van der Waals surface area contributed by atoms with E-state index in [2.05, 4.69) is 11.4 Å². The SMILES string of the molecule is C#CCNOC[C@H]1O[C@@H](n2ccc(=O)[nH]c2=O)[C@H](O)[C@@H]1O. The summed E-state index contributed by atoms with van der Waals surface area (Å²) < 4.78 is 6.39. The van der Waals surface area contributed by atoms with Crippen LogP contribution in [0.25, 0.3) is 0 Å². The van der Waals surface area contributed by atoms with Gasteiger partial charge in [0.2, 0.25) is 0 Å². The Labute approximate surface area is 119 Å². The maximum absolute atomic E-state index is 11.7. The standard InChI is InChI=1S/C12H15N3O6/c1-2-4-13-20-6-7-9(17)10(18)11(21-7)15-5-3-8(16)14-12(15)19/h1,3,5,7,9-11,13,17-18H,4,6H2,(H,14,16,19)/t7-,9-,10-,11-/m1/s1. The quantitative estimate of drug-likeness (QED) is 0.265. The lowest BCUT2D eigenvalue weighted by Crippen LogP contribution is -2.38. The Morgan fingerprint density at radius 3 is 2.90 bits per heavy atom. The summed E-state index contributed by atoms with van der Waals surface area (Å²) in [7, 11) is 0. The van der Waals surface area contributed by atoms with Crippen molar-refractivity contribution in [2.24, 2.45) is 0 Å². The van der Waals surface area contributed by atoms with Crippen molar-refractivity contribution in [2.45, 2.75) is 24.5 Å². The molecule has 1 aromatic heterocycles. The molecular weight excluding hydrogens is 282 g/mol. The van der Waals surface area contributed by atoms with Gasteiger partial charge in [-0.15, -0.1) is 6.42 Å². The summed E-state index contributed by atoms with van der Waals surface area (Å²) in [4.78, 5) is 29.7. The first-order valence-corrected chi connectivity index (χ1v) is 6.15. The van der Waals surface area contributed by atoms with E-state index in [0.717, 1.165) is 10.6 Å². The van der Waals surface area contributed by atoms with Gasteiger partial charge in [-0.1, -0.05) is 5.92 Å². The number of hydrogen-bond donors (Lipinski definition) is 4. The number of aromatic amines is 1. The summed E-state index contributed by atoms with van der Waals surface area (Å²) in [5.41, 5.74) is 1.13. The maximum Gasteiger partial charge on any atom is 0.330 e. The smallest absolute Gasteiger partial charge is 0.330 e. The highest BCUT2D eigenvalue weighted by atomic mass is 16.7. The molecule has 4 atom stereocenters. The Bertz CT molecular complexity index is 633. The fraction of sp³-hybridized carbons (Fsp3) is 0.500. The Morgan fingerprint density at radius 2 is 2.24 bits per heavy atom. The summed E-state index contributed by atoms with van der Waals surface area (Å²) in [5, 5.41) is 19.8. The number of ether oxygens (including phenoxy) is 1. The number of aromatic nitrogens is 2. The molecule has 0 radical (unpaired) electrons. The molecule has 2 rings (SSSR count). The predicted octanol–water partition coefficient (Wildman–Crippen LogP) is -2.69. The van der Waals surface area contributed by atoms with E-state index in [-0.39, 0.29) is 13.2 Å². The number of hydroxylamine groups is 1. The molecule has 4 N–H and O–H groups in total. The van der Waals surface area contributed by atoms with E-state index in [1.165, 1.54) is 6.20 Å². The first kappa shape index (κ1) is 15.4. The fourth-order valence-electron chi connectivity index (χ4n) is 1.96. The van der Waals surface area contributed by atoms with E-state index in [1.54, 1.807) is 0 Å². The molecule has 1 fully saturated rings. The zero-order valence-corrected chi connectivity index (χ0v) is 10.9. The van der Waals surface area contributed by atoms with Crippen LogP contribution in [0.2, 0.25) is 0 Å². The minimum absolute atomic E-state index is 0.0749.